The zero-order chi connectivity index (χ0) is 22.9. The summed E-state index contributed by atoms with van der Waals surface area (Å²) < 4.78 is 21.6. The Bertz CT molecular complexity index is 916. The molecule has 2 aromatic carbocycles. The average molecular weight is 442 g/mol. The highest BCUT2D eigenvalue weighted by atomic mass is 16.5. The van der Waals surface area contributed by atoms with Gasteiger partial charge in [0.2, 0.25) is 0 Å². The molecule has 0 fully saturated rings. The van der Waals surface area contributed by atoms with Gasteiger partial charge in [-0.05, 0) is 56.3 Å². The van der Waals surface area contributed by atoms with Crippen LogP contribution in [0.1, 0.15) is 17.5 Å². The zero-order valence-electron chi connectivity index (χ0n) is 19.8. The van der Waals surface area contributed by atoms with Gasteiger partial charge < -0.3 is 34.1 Å². The minimum Gasteiger partial charge on any atom is -0.493 e. The van der Waals surface area contributed by atoms with Crippen LogP contribution in [0.4, 0.5) is 5.69 Å². The summed E-state index contributed by atoms with van der Waals surface area (Å²) in [6.07, 6.45) is 6.32. The Morgan fingerprint density at radius 2 is 1.56 bits per heavy atom. The summed E-state index contributed by atoms with van der Waals surface area (Å²) in [5, 5.41) is 3.50. The number of hydrogen-bond acceptors (Lipinski definition) is 7. The molecule has 0 amide bonds. The van der Waals surface area contributed by atoms with Crippen molar-refractivity contribution in [3.05, 3.63) is 47.7 Å². The van der Waals surface area contributed by atoms with E-state index in [-0.39, 0.29) is 0 Å². The normalized spacial score (nSPS) is 12.8. The number of rotatable bonds is 11. The van der Waals surface area contributed by atoms with Gasteiger partial charge in [-0.1, -0.05) is 6.07 Å². The summed E-state index contributed by atoms with van der Waals surface area (Å²) in [5.41, 5.74) is 3.39. The molecule has 0 aromatic heterocycles. The smallest absolute Gasteiger partial charge is 0.162 e. The first-order chi connectivity index (χ1) is 15.6. The number of nitrogens with one attached hydrogen (secondary N) is 1. The molecule has 1 aliphatic rings. The molecule has 174 valence electrons. The van der Waals surface area contributed by atoms with Gasteiger partial charge in [-0.3, -0.25) is 0 Å². The van der Waals surface area contributed by atoms with Gasteiger partial charge in [-0.15, -0.1) is 0 Å². The third-order valence-electron chi connectivity index (χ3n) is 5.71. The fraction of sp³-hybridized carbons (Fsp3) is 0.440. The second-order valence-electron chi connectivity index (χ2n) is 7.85. The lowest BCUT2D eigenvalue weighted by Crippen LogP contribution is -2.29. The third kappa shape index (κ3) is 6.01. The Morgan fingerprint density at radius 1 is 0.875 bits per heavy atom. The van der Waals surface area contributed by atoms with E-state index in [1.807, 2.05) is 18.2 Å². The molecule has 7 nitrogen and oxygen atoms in total. The molecule has 0 atom stereocenters. The number of hydrogen-bond donors (Lipinski definition) is 1. The van der Waals surface area contributed by atoms with Gasteiger partial charge >= 0.3 is 0 Å². The minimum absolute atomic E-state index is 0.733. The fourth-order valence-corrected chi connectivity index (χ4v) is 3.78. The van der Waals surface area contributed by atoms with E-state index >= 15 is 0 Å². The molecule has 0 saturated carbocycles. The summed E-state index contributed by atoms with van der Waals surface area (Å²) in [7, 11) is 8.82. The van der Waals surface area contributed by atoms with Crippen molar-refractivity contribution in [1.29, 1.82) is 0 Å². The van der Waals surface area contributed by atoms with E-state index in [1.165, 1.54) is 5.56 Å². The molecular formula is C25H35N3O4. The van der Waals surface area contributed by atoms with Crippen LogP contribution in [-0.2, 0) is 6.42 Å². The van der Waals surface area contributed by atoms with Crippen molar-refractivity contribution in [2.24, 2.45) is 0 Å². The lowest BCUT2D eigenvalue weighted by molar-refractivity contribution is 0.303. The number of anilines is 1. The standard InChI is InChI=1S/C25H35N3O4/c1-27(13-9-19-7-8-22(29-2)23(15-19)30-3)11-6-12-28-14-10-20-16-24(31-4)25(32-5)17-21(20)26-18-28/h7-8,10,14-17,26H,6,9,11-13,18H2,1-5H3. The van der Waals surface area contributed by atoms with E-state index < -0.39 is 0 Å². The first kappa shape index (κ1) is 23.6. The maximum Gasteiger partial charge on any atom is 0.162 e. The topological polar surface area (TPSA) is 55.4 Å². The predicted molar refractivity (Wildman–Crippen MR) is 129 cm³/mol. The maximum absolute atomic E-state index is 5.42. The molecule has 0 aliphatic carbocycles. The number of likely N-dealkylation sites (N-methyl/N-ethyl adjacent to an activating group) is 1. The van der Waals surface area contributed by atoms with E-state index in [0.717, 1.165) is 73.4 Å². The molecule has 32 heavy (non-hydrogen) atoms. The molecule has 3 rings (SSSR count). The van der Waals surface area contributed by atoms with Crippen LogP contribution in [0.5, 0.6) is 23.0 Å². The molecule has 0 radical (unpaired) electrons. The van der Waals surface area contributed by atoms with Crippen molar-refractivity contribution in [3.8, 4) is 23.0 Å². The van der Waals surface area contributed by atoms with Gasteiger partial charge in [0.05, 0.1) is 35.1 Å². The first-order valence-electron chi connectivity index (χ1n) is 10.9. The van der Waals surface area contributed by atoms with Crippen LogP contribution in [0, 0.1) is 0 Å². The molecule has 0 bridgehead atoms. The lowest BCUT2D eigenvalue weighted by atomic mass is 10.1. The van der Waals surface area contributed by atoms with E-state index in [0.29, 0.717) is 0 Å². The molecule has 2 aromatic rings. The van der Waals surface area contributed by atoms with Crippen molar-refractivity contribution < 1.29 is 18.9 Å². The van der Waals surface area contributed by atoms with Crippen LogP contribution in [0.3, 0.4) is 0 Å². The second kappa shape index (κ2) is 11.5. The Balaban J connectivity index is 1.45. The lowest BCUT2D eigenvalue weighted by Gasteiger charge is -2.22. The minimum atomic E-state index is 0.733. The number of ether oxygens (including phenoxy) is 4. The summed E-state index contributed by atoms with van der Waals surface area (Å²) in [4.78, 5) is 4.66. The molecule has 1 heterocycles. The highest BCUT2D eigenvalue weighted by Gasteiger charge is 2.13. The highest BCUT2D eigenvalue weighted by molar-refractivity contribution is 5.72. The Morgan fingerprint density at radius 3 is 2.28 bits per heavy atom. The Kier molecular flexibility index (Phi) is 8.50. The molecular weight excluding hydrogens is 406 g/mol. The van der Waals surface area contributed by atoms with Gasteiger partial charge in [-0.25, -0.2) is 0 Å². The van der Waals surface area contributed by atoms with Crippen LogP contribution in [0.2, 0.25) is 0 Å². The van der Waals surface area contributed by atoms with Gasteiger partial charge in [-0.2, -0.15) is 0 Å². The molecule has 0 spiro atoms. The number of nitrogens with zero attached hydrogens (tertiary/aromatic N) is 2. The fourth-order valence-electron chi connectivity index (χ4n) is 3.78. The van der Waals surface area contributed by atoms with Crippen molar-refractivity contribution in [3.63, 3.8) is 0 Å². The molecule has 1 N–H and O–H groups in total. The van der Waals surface area contributed by atoms with Crippen LogP contribution in [0.15, 0.2) is 36.5 Å². The second-order valence-corrected chi connectivity index (χ2v) is 7.85. The van der Waals surface area contributed by atoms with Gasteiger partial charge in [0.25, 0.3) is 0 Å². The van der Waals surface area contributed by atoms with Crippen LogP contribution >= 0.6 is 0 Å². The SMILES string of the molecule is COc1ccc(CCN(C)CCCN2C=Cc3cc(OC)c(OC)cc3NC2)cc1OC. The Labute approximate surface area is 191 Å². The summed E-state index contributed by atoms with van der Waals surface area (Å²) in [6.45, 7) is 3.77. The van der Waals surface area contributed by atoms with Crippen molar-refractivity contribution in [2.75, 3.05) is 67.1 Å². The quantitative estimate of drug-likeness (QED) is 0.567. The average Bonchev–Trinajstić information content (AvgIpc) is 3.03. The predicted octanol–water partition coefficient (Wildman–Crippen LogP) is 3.94. The number of benzene rings is 2. The van der Waals surface area contributed by atoms with Crippen molar-refractivity contribution in [2.45, 2.75) is 12.8 Å². The highest BCUT2D eigenvalue weighted by Crippen LogP contribution is 2.35. The van der Waals surface area contributed by atoms with Gasteiger partial charge in [0.1, 0.15) is 0 Å². The number of methoxy groups -OCH3 is 4. The van der Waals surface area contributed by atoms with E-state index in [2.05, 4.69) is 46.6 Å². The monoisotopic (exact) mass is 441 g/mol. The van der Waals surface area contributed by atoms with Gasteiger partial charge in [0.15, 0.2) is 23.0 Å². The van der Waals surface area contributed by atoms with Crippen LogP contribution < -0.4 is 24.3 Å². The summed E-state index contributed by atoms with van der Waals surface area (Å²) in [5.74, 6) is 3.02. The van der Waals surface area contributed by atoms with E-state index in [1.54, 1.807) is 28.4 Å². The van der Waals surface area contributed by atoms with Crippen molar-refractivity contribution >= 4 is 11.8 Å². The molecule has 7 heteroatoms. The van der Waals surface area contributed by atoms with Gasteiger partial charge in [0, 0.05) is 36.6 Å². The Hall–Kier alpha value is -3.06. The largest absolute Gasteiger partial charge is 0.493 e. The maximum atomic E-state index is 5.42. The van der Waals surface area contributed by atoms with Crippen LogP contribution in [-0.4, -0.2) is 71.6 Å². The zero-order valence-corrected chi connectivity index (χ0v) is 19.8. The summed E-state index contributed by atoms with van der Waals surface area (Å²) >= 11 is 0. The van der Waals surface area contributed by atoms with E-state index in [4.69, 9.17) is 18.9 Å². The third-order valence-corrected chi connectivity index (χ3v) is 5.71. The summed E-state index contributed by atoms with van der Waals surface area (Å²) in [6, 6.07) is 10.1. The van der Waals surface area contributed by atoms with E-state index in [9.17, 15) is 0 Å². The molecule has 0 saturated heterocycles. The van der Waals surface area contributed by atoms with Crippen molar-refractivity contribution in [1.82, 2.24) is 9.80 Å². The molecule has 1 aliphatic heterocycles. The molecule has 0 unspecified atom stereocenters. The number of fused-ring (bicyclic) bond motifs is 1. The van der Waals surface area contributed by atoms with Crippen LogP contribution in [0.25, 0.3) is 6.08 Å². The first-order valence-corrected chi connectivity index (χ1v) is 10.9.